The van der Waals surface area contributed by atoms with Crippen LogP contribution in [0.1, 0.15) is 46.2 Å². The molecule has 5 nitrogen and oxygen atoms in total. The Morgan fingerprint density at radius 2 is 1.41 bits per heavy atom. The van der Waals surface area contributed by atoms with E-state index < -0.39 is 0 Å². The van der Waals surface area contributed by atoms with E-state index in [1.165, 1.54) is 22.4 Å². The monoisotopic (exact) mass is 515 g/mol. The van der Waals surface area contributed by atoms with Gasteiger partial charge in [-0.15, -0.1) is 17.0 Å². The van der Waals surface area contributed by atoms with E-state index in [1.54, 1.807) is 0 Å². The second-order valence-electron chi connectivity index (χ2n) is 8.57. The van der Waals surface area contributed by atoms with E-state index in [9.17, 15) is 0 Å². The largest absolute Gasteiger partial charge is 0.307 e. The van der Waals surface area contributed by atoms with Crippen molar-refractivity contribution in [2.24, 2.45) is 0 Å². The van der Waals surface area contributed by atoms with E-state index in [0.717, 1.165) is 50.4 Å². The smallest absolute Gasteiger partial charge is 0.0607 e. The minimum Gasteiger partial charge on any atom is -0.307 e. The van der Waals surface area contributed by atoms with E-state index >= 15 is 0 Å². The number of aryl methyl sites for hydroxylation is 1. The van der Waals surface area contributed by atoms with E-state index in [1.807, 2.05) is 48.9 Å². The molecule has 1 aliphatic rings. The fourth-order valence-electron chi connectivity index (χ4n) is 4.56. The maximum atomic E-state index is 4.74. The number of hydrogen-bond donors (Lipinski definition) is 1. The predicted molar refractivity (Wildman–Crippen MR) is 140 cm³/mol. The van der Waals surface area contributed by atoms with E-state index in [2.05, 4.69) is 62.6 Å². The first-order chi connectivity index (χ1) is 16.3. The standard InChI is InChI=1S/C28H29N5.BrH/c1-3-15-30-25(7-1)19-29-18-22-9-11-23(12-10-22)20-33(21-26-8-2-4-16-31-26)27-14-13-24-6-5-17-32-28(24)27;/h1-12,15-17,27,29H,13-14,18-21H2;1H. The molecule has 6 heteroatoms. The Labute approximate surface area is 212 Å². The first-order valence-electron chi connectivity index (χ1n) is 11.6. The normalized spacial score (nSPS) is 14.6. The summed E-state index contributed by atoms with van der Waals surface area (Å²) >= 11 is 0. The summed E-state index contributed by atoms with van der Waals surface area (Å²) < 4.78 is 0. The Balaban J connectivity index is 0.00000274. The second-order valence-corrected chi connectivity index (χ2v) is 8.57. The Hall–Kier alpha value is -2.93. The first-order valence-corrected chi connectivity index (χ1v) is 11.6. The van der Waals surface area contributed by atoms with Gasteiger partial charge in [0, 0.05) is 44.8 Å². The molecule has 1 atom stereocenters. The molecule has 3 aromatic heterocycles. The zero-order chi connectivity index (χ0) is 22.3. The second kappa shape index (κ2) is 12.0. The zero-order valence-electron chi connectivity index (χ0n) is 19.2. The minimum absolute atomic E-state index is 0. The van der Waals surface area contributed by atoms with Crippen molar-refractivity contribution in [3.05, 3.63) is 125 Å². The summed E-state index contributed by atoms with van der Waals surface area (Å²) in [7, 11) is 0. The quantitative estimate of drug-likeness (QED) is 0.322. The van der Waals surface area contributed by atoms with Gasteiger partial charge in [-0.25, -0.2) is 0 Å². The number of halogens is 1. The highest BCUT2D eigenvalue weighted by Crippen LogP contribution is 2.35. The van der Waals surface area contributed by atoms with Crippen LogP contribution in [0.25, 0.3) is 0 Å². The van der Waals surface area contributed by atoms with Crippen LogP contribution in [0.4, 0.5) is 0 Å². The summed E-state index contributed by atoms with van der Waals surface area (Å²) in [4.78, 5) is 16.2. The van der Waals surface area contributed by atoms with Gasteiger partial charge in [0.1, 0.15) is 0 Å². The third-order valence-corrected chi connectivity index (χ3v) is 6.23. The van der Waals surface area contributed by atoms with E-state index in [-0.39, 0.29) is 17.0 Å². The van der Waals surface area contributed by atoms with Crippen LogP contribution in [0.3, 0.4) is 0 Å². The van der Waals surface area contributed by atoms with Crippen LogP contribution in [0.5, 0.6) is 0 Å². The molecule has 0 saturated carbocycles. The maximum Gasteiger partial charge on any atom is 0.0607 e. The molecule has 4 aromatic rings. The van der Waals surface area contributed by atoms with Gasteiger partial charge in [-0.3, -0.25) is 19.9 Å². The van der Waals surface area contributed by atoms with Crippen LogP contribution >= 0.6 is 17.0 Å². The predicted octanol–water partition coefficient (Wildman–Crippen LogP) is 5.43. The third-order valence-electron chi connectivity index (χ3n) is 6.23. The summed E-state index contributed by atoms with van der Waals surface area (Å²) in [5.74, 6) is 0. The summed E-state index contributed by atoms with van der Waals surface area (Å²) in [6.45, 7) is 3.29. The molecule has 0 bridgehead atoms. The van der Waals surface area contributed by atoms with Crippen LogP contribution < -0.4 is 5.32 Å². The van der Waals surface area contributed by atoms with Crippen molar-refractivity contribution in [2.45, 2.75) is 45.1 Å². The minimum atomic E-state index is 0. The van der Waals surface area contributed by atoms with E-state index in [4.69, 9.17) is 4.98 Å². The van der Waals surface area contributed by atoms with Crippen molar-refractivity contribution in [3.8, 4) is 0 Å². The fraction of sp³-hybridized carbons (Fsp3) is 0.250. The number of aromatic nitrogens is 3. The molecule has 1 aromatic carbocycles. The highest BCUT2D eigenvalue weighted by atomic mass is 79.9. The molecule has 0 spiro atoms. The third kappa shape index (κ3) is 6.14. The molecule has 174 valence electrons. The molecular weight excluding hydrogens is 486 g/mol. The van der Waals surface area contributed by atoms with Gasteiger partial charge in [-0.1, -0.05) is 42.5 Å². The van der Waals surface area contributed by atoms with Gasteiger partial charge in [0.25, 0.3) is 0 Å². The highest BCUT2D eigenvalue weighted by Gasteiger charge is 2.29. The summed E-state index contributed by atoms with van der Waals surface area (Å²) in [6, 6.07) is 25.7. The molecular formula is C28H30BrN5. The van der Waals surface area contributed by atoms with Crippen molar-refractivity contribution in [3.63, 3.8) is 0 Å². The molecule has 3 heterocycles. The zero-order valence-corrected chi connectivity index (χ0v) is 20.9. The number of nitrogens with one attached hydrogen (secondary N) is 1. The molecule has 0 saturated heterocycles. The van der Waals surface area contributed by atoms with Crippen LogP contribution in [0.2, 0.25) is 0 Å². The number of pyridine rings is 3. The van der Waals surface area contributed by atoms with Crippen LogP contribution in [-0.2, 0) is 32.6 Å². The number of fused-ring (bicyclic) bond motifs is 1. The molecule has 5 rings (SSSR count). The molecule has 1 aliphatic carbocycles. The first kappa shape index (κ1) is 24.2. The van der Waals surface area contributed by atoms with Crippen molar-refractivity contribution < 1.29 is 0 Å². The van der Waals surface area contributed by atoms with Gasteiger partial charge in [-0.05, 0) is 59.9 Å². The fourth-order valence-corrected chi connectivity index (χ4v) is 4.56. The molecule has 0 aliphatic heterocycles. The Kier molecular flexibility index (Phi) is 8.52. The van der Waals surface area contributed by atoms with Crippen molar-refractivity contribution >= 4 is 17.0 Å². The van der Waals surface area contributed by atoms with Crippen LogP contribution in [0, 0.1) is 0 Å². The molecule has 34 heavy (non-hydrogen) atoms. The van der Waals surface area contributed by atoms with E-state index in [0.29, 0.717) is 6.04 Å². The molecule has 0 amide bonds. The lowest BCUT2D eigenvalue weighted by Crippen LogP contribution is -2.27. The summed E-state index contributed by atoms with van der Waals surface area (Å²) in [5.41, 5.74) is 7.34. The lowest BCUT2D eigenvalue weighted by Gasteiger charge is -2.29. The van der Waals surface area contributed by atoms with Crippen LogP contribution in [-0.4, -0.2) is 19.9 Å². The van der Waals surface area contributed by atoms with Crippen LogP contribution in [0.15, 0.2) is 91.4 Å². The topological polar surface area (TPSA) is 53.9 Å². The SMILES string of the molecule is Br.c1ccc(CNCc2ccc(CN(Cc3ccccn3)C3CCc4cccnc43)cc2)nc1. The van der Waals surface area contributed by atoms with Gasteiger partial charge in [-0.2, -0.15) is 0 Å². The lowest BCUT2D eigenvalue weighted by molar-refractivity contribution is 0.173. The Bertz CT molecular complexity index is 1150. The van der Waals surface area contributed by atoms with Gasteiger partial charge < -0.3 is 5.32 Å². The molecule has 0 radical (unpaired) electrons. The molecule has 1 unspecified atom stereocenters. The average molecular weight is 516 g/mol. The van der Waals surface area contributed by atoms with Gasteiger partial charge in [0.2, 0.25) is 0 Å². The number of nitrogens with zero attached hydrogens (tertiary/aromatic N) is 4. The lowest BCUT2D eigenvalue weighted by atomic mass is 10.1. The molecule has 0 fully saturated rings. The van der Waals surface area contributed by atoms with Crippen molar-refractivity contribution in [2.75, 3.05) is 0 Å². The Morgan fingerprint density at radius 1 is 0.706 bits per heavy atom. The number of rotatable bonds is 9. The average Bonchev–Trinajstić information content (AvgIpc) is 3.30. The number of hydrogen-bond acceptors (Lipinski definition) is 5. The number of benzene rings is 1. The molecule has 1 N–H and O–H groups in total. The highest BCUT2D eigenvalue weighted by molar-refractivity contribution is 8.93. The van der Waals surface area contributed by atoms with Crippen molar-refractivity contribution in [1.29, 1.82) is 0 Å². The summed E-state index contributed by atoms with van der Waals surface area (Å²) in [5, 5.41) is 3.48. The van der Waals surface area contributed by atoms with Crippen molar-refractivity contribution in [1.82, 2.24) is 25.2 Å². The van der Waals surface area contributed by atoms with Gasteiger partial charge in [0.15, 0.2) is 0 Å². The Morgan fingerprint density at radius 3 is 2.15 bits per heavy atom. The van der Waals surface area contributed by atoms with Gasteiger partial charge >= 0.3 is 0 Å². The maximum absolute atomic E-state index is 4.74. The van der Waals surface area contributed by atoms with Gasteiger partial charge in [0.05, 0.1) is 23.1 Å². The summed E-state index contributed by atoms with van der Waals surface area (Å²) in [6.07, 6.45) is 7.83.